The molecule has 72 valence electrons. The summed E-state index contributed by atoms with van der Waals surface area (Å²) in [5.41, 5.74) is 1.01. The van der Waals surface area contributed by atoms with Crippen LogP contribution in [0.2, 0.25) is 0 Å². The van der Waals surface area contributed by atoms with Gasteiger partial charge in [0.1, 0.15) is 0 Å². The molecule has 2 heteroatoms. The van der Waals surface area contributed by atoms with Gasteiger partial charge in [0.2, 0.25) is 0 Å². The maximum Gasteiger partial charge on any atom is 0.0643 e. The van der Waals surface area contributed by atoms with Gasteiger partial charge in [-0.05, 0) is 19.2 Å². The zero-order chi connectivity index (χ0) is 10.5. The summed E-state index contributed by atoms with van der Waals surface area (Å²) in [5, 5.41) is 5.27. The monoisotopic (exact) mass is 228 g/mol. The van der Waals surface area contributed by atoms with Crippen molar-refractivity contribution in [1.29, 1.82) is 0 Å². The molecular weight excluding hydrogens is 219 g/mol. The molecule has 0 spiro atoms. The van der Waals surface area contributed by atoms with Crippen LogP contribution in [0.5, 0.6) is 0 Å². The minimum absolute atomic E-state index is 1.01. The average molecular weight is 228 g/mol. The number of hydrogen-bond acceptors (Lipinski definition) is 1. The second-order valence-electron chi connectivity index (χ2n) is 3.07. The van der Waals surface area contributed by atoms with E-state index in [-0.39, 0.29) is 0 Å². The van der Waals surface area contributed by atoms with Crippen molar-refractivity contribution in [2.45, 2.75) is 0 Å². The average Bonchev–Trinajstić information content (AvgIpc) is 2.31. The summed E-state index contributed by atoms with van der Waals surface area (Å²) in [4.78, 5) is 0. The van der Waals surface area contributed by atoms with E-state index >= 15 is 0 Å². The fourth-order valence-corrected chi connectivity index (χ4v) is 2.56. The Morgan fingerprint density at radius 1 is 0.867 bits per heavy atom. The van der Waals surface area contributed by atoms with Crippen LogP contribution in [0.4, 0.5) is 0 Å². The highest BCUT2D eigenvalue weighted by atomic mass is 32.1. The van der Waals surface area contributed by atoms with Crippen LogP contribution in [0.3, 0.4) is 0 Å². The first-order valence-electron chi connectivity index (χ1n) is 4.64. The first-order chi connectivity index (χ1) is 7.40. The highest BCUT2D eigenvalue weighted by molar-refractivity contribution is 7.79. The summed E-state index contributed by atoms with van der Waals surface area (Å²) in [5.74, 6) is 0. The third-order valence-corrected chi connectivity index (χ3v) is 3.43. The Balaban J connectivity index is 2.28. The van der Waals surface area contributed by atoms with Crippen molar-refractivity contribution in [2.75, 3.05) is 0 Å². The SMILES string of the molecule is S=[C]c1ccccc1[P]c1ccccc1. The Kier molecular flexibility index (Phi) is 3.60. The Morgan fingerprint density at radius 3 is 2.27 bits per heavy atom. The predicted molar refractivity (Wildman–Crippen MR) is 70.8 cm³/mol. The van der Waals surface area contributed by atoms with E-state index in [1.165, 1.54) is 19.2 Å². The van der Waals surface area contributed by atoms with Crippen molar-refractivity contribution in [2.24, 2.45) is 0 Å². The number of benzene rings is 2. The fourth-order valence-electron chi connectivity index (χ4n) is 1.30. The Bertz CT molecular complexity index is 451. The third kappa shape index (κ3) is 2.71. The smallest absolute Gasteiger partial charge is 0.0643 e. The predicted octanol–water partition coefficient (Wildman–Crippen LogP) is 2.81. The second kappa shape index (κ2) is 5.16. The molecule has 2 radical (unpaired) electrons. The molecule has 2 aromatic carbocycles. The molecule has 0 nitrogen and oxygen atoms in total. The van der Waals surface area contributed by atoms with Crippen LogP contribution < -0.4 is 10.6 Å². The van der Waals surface area contributed by atoms with Crippen LogP contribution in [0, 0.1) is 0 Å². The van der Waals surface area contributed by atoms with Crippen LogP contribution in [0.25, 0.3) is 0 Å². The number of hydrogen-bond donors (Lipinski definition) is 0. The lowest BCUT2D eigenvalue weighted by atomic mass is 10.2. The minimum Gasteiger partial charge on any atom is -0.0778 e. The first kappa shape index (κ1) is 10.5. The van der Waals surface area contributed by atoms with Gasteiger partial charge in [0, 0.05) is 5.56 Å². The Labute approximate surface area is 97.1 Å². The van der Waals surface area contributed by atoms with Gasteiger partial charge in [-0.3, -0.25) is 0 Å². The molecule has 0 aromatic heterocycles. The maximum absolute atomic E-state index is 4.87. The second-order valence-corrected chi connectivity index (χ2v) is 4.49. The van der Waals surface area contributed by atoms with E-state index in [4.69, 9.17) is 12.2 Å². The van der Waals surface area contributed by atoms with Gasteiger partial charge in [-0.2, -0.15) is 0 Å². The molecule has 0 atom stereocenters. The Hall–Kier alpha value is -1.04. The highest BCUT2D eigenvalue weighted by Gasteiger charge is 2.01. The van der Waals surface area contributed by atoms with E-state index in [0.717, 1.165) is 5.56 Å². The molecule has 0 saturated heterocycles. The maximum atomic E-state index is 4.87. The van der Waals surface area contributed by atoms with Gasteiger partial charge < -0.3 is 0 Å². The van der Waals surface area contributed by atoms with Crippen molar-refractivity contribution in [3.63, 3.8) is 0 Å². The van der Waals surface area contributed by atoms with E-state index in [1.54, 1.807) is 0 Å². The first-order valence-corrected chi connectivity index (χ1v) is 5.94. The molecule has 0 aliphatic heterocycles. The van der Waals surface area contributed by atoms with E-state index in [0.29, 0.717) is 0 Å². The van der Waals surface area contributed by atoms with Gasteiger partial charge in [-0.1, -0.05) is 66.8 Å². The standard InChI is InChI=1S/C13H9PS/c15-10-11-6-4-5-9-13(11)14-12-7-2-1-3-8-12/h1-9H. The molecule has 0 amide bonds. The fraction of sp³-hybridized carbons (Fsp3) is 0. The van der Waals surface area contributed by atoms with Crippen molar-refractivity contribution in [3.8, 4) is 0 Å². The third-order valence-electron chi connectivity index (χ3n) is 2.02. The van der Waals surface area contributed by atoms with Crippen LogP contribution in [-0.4, -0.2) is 5.37 Å². The zero-order valence-electron chi connectivity index (χ0n) is 8.05. The quantitative estimate of drug-likeness (QED) is 0.575. The zero-order valence-corrected chi connectivity index (χ0v) is 9.76. The molecule has 0 unspecified atom stereocenters. The normalized spacial score (nSPS) is 10.7. The van der Waals surface area contributed by atoms with Gasteiger partial charge in [0.15, 0.2) is 0 Å². The summed E-state index contributed by atoms with van der Waals surface area (Å²) < 4.78 is 0. The summed E-state index contributed by atoms with van der Waals surface area (Å²) in [6, 6.07) is 18.4. The lowest BCUT2D eigenvalue weighted by molar-refractivity contribution is 1.74. The molecule has 0 saturated carbocycles. The van der Waals surface area contributed by atoms with Gasteiger partial charge in [-0.15, -0.1) is 0 Å². The molecule has 2 aromatic rings. The summed E-state index contributed by atoms with van der Waals surface area (Å²) in [6.07, 6.45) is 0. The Morgan fingerprint density at radius 2 is 1.53 bits per heavy atom. The lowest BCUT2D eigenvalue weighted by Crippen LogP contribution is -2.07. The van der Waals surface area contributed by atoms with Crippen LogP contribution in [0.15, 0.2) is 54.6 Å². The molecule has 0 N–H and O–H groups in total. The molecular formula is C13H9PS. The minimum atomic E-state index is 1.01. The molecule has 2 rings (SSSR count). The highest BCUT2D eigenvalue weighted by Crippen LogP contribution is 2.12. The van der Waals surface area contributed by atoms with Gasteiger partial charge in [-0.25, -0.2) is 0 Å². The summed E-state index contributed by atoms with van der Waals surface area (Å²) in [6.45, 7) is 0. The molecule has 0 aliphatic rings. The molecule has 15 heavy (non-hydrogen) atoms. The van der Waals surface area contributed by atoms with Crippen molar-refractivity contribution in [1.82, 2.24) is 0 Å². The van der Waals surface area contributed by atoms with E-state index < -0.39 is 0 Å². The molecule has 0 bridgehead atoms. The number of rotatable bonds is 3. The van der Waals surface area contributed by atoms with Gasteiger partial charge in [0.25, 0.3) is 0 Å². The molecule has 0 fully saturated rings. The van der Waals surface area contributed by atoms with E-state index in [1.807, 2.05) is 36.4 Å². The topological polar surface area (TPSA) is 0 Å². The van der Waals surface area contributed by atoms with Crippen molar-refractivity contribution < 1.29 is 0 Å². The largest absolute Gasteiger partial charge is 0.0778 e. The van der Waals surface area contributed by atoms with Crippen molar-refractivity contribution in [3.05, 3.63) is 60.2 Å². The molecule has 0 aliphatic carbocycles. The lowest BCUT2D eigenvalue weighted by Gasteiger charge is -2.03. The van der Waals surface area contributed by atoms with E-state index in [2.05, 4.69) is 23.6 Å². The van der Waals surface area contributed by atoms with Gasteiger partial charge >= 0.3 is 0 Å². The van der Waals surface area contributed by atoms with Crippen molar-refractivity contribution >= 4 is 36.8 Å². The van der Waals surface area contributed by atoms with Crippen LogP contribution in [-0.2, 0) is 0 Å². The van der Waals surface area contributed by atoms with Crippen LogP contribution >= 0.6 is 20.8 Å². The van der Waals surface area contributed by atoms with Crippen LogP contribution in [0.1, 0.15) is 5.56 Å². The summed E-state index contributed by atoms with van der Waals surface area (Å²) in [7, 11) is 1.18. The molecule has 0 heterocycles. The van der Waals surface area contributed by atoms with E-state index in [9.17, 15) is 0 Å². The van der Waals surface area contributed by atoms with Gasteiger partial charge in [0.05, 0.1) is 5.37 Å². The number of thiocarbonyl (C=S) groups is 1. The summed E-state index contributed by atoms with van der Waals surface area (Å²) >= 11 is 4.87.